The van der Waals surface area contributed by atoms with Gasteiger partial charge in [-0.1, -0.05) is 36.4 Å². The van der Waals surface area contributed by atoms with Gasteiger partial charge in [-0.15, -0.1) is 0 Å². The molecule has 1 aromatic heterocycles. The molecule has 1 fully saturated rings. The van der Waals surface area contributed by atoms with Crippen LogP contribution in [0.3, 0.4) is 0 Å². The van der Waals surface area contributed by atoms with Crippen molar-refractivity contribution >= 4 is 17.3 Å². The van der Waals surface area contributed by atoms with Crippen LogP contribution >= 0.6 is 0 Å². The van der Waals surface area contributed by atoms with Gasteiger partial charge in [0.1, 0.15) is 17.5 Å². The number of anilines is 3. The molecular weight excluding hydrogens is 303 g/mol. The molecular formula is C19H17FN4. The van der Waals surface area contributed by atoms with Crippen molar-refractivity contribution in [2.45, 2.75) is 18.9 Å². The van der Waals surface area contributed by atoms with Crippen LogP contribution in [0.15, 0.2) is 60.7 Å². The standard InChI is InChI=1S/C19H17FN4/c20-14-7-4-8-16(11-14)22-18-12-17(21-15-9-10-15)23-19(24-18)13-5-2-1-3-6-13/h1-8,11-12,15H,9-10H2,(H2,21,22,23,24). The molecule has 1 aliphatic carbocycles. The fourth-order valence-corrected chi connectivity index (χ4v) is 2.45. The van der Waals surface area contributed by atoms with Crippen LogP contribution in [0.25, 0.3) is 11.4 Å². The Balaban J connectivity index is 1.69. The van der Waals surface area contributed by atoms with Crippen molar-refractivity contribution in [3.05, 3.63) is 66.5 Å². The fraction of sp³-hybridized carbons (Fsp3) is 0.158. The zero-order valence-electron chi connectivity index (χ0n) is 13.0. The number of rotatable bonds is 5. The SMILES string of the molecule is Fc1cccc(Nc2cc(NC3CC3)nc(-c3ccccc3)n2)c1. The summed E-state index contributed by atoms with van der Waals surface area (Å²) >= 11 is 0. The number of aromatic nitrogens is 2. The molecule has 0 unspecified atom stereocenters. The first-order valence-electron chi connectivity index (χ1n) is 8.00. The molecule has 1 heterocycles. The zero-order chi connectivity index (χ0) is 16.4. The van der Waals surface area contributed by atoms with Crippen LogP contribution in [0.4, 0.5) is 21.7 Å². The molecule has 0 spiro atoms. The molecule has 0 amide bonds. The monoisotopic (exact) mass is 320 g/mol. The van der Waals surface area contributed by atoms with Crippen molar-refractivity contribution in [3.8, 4) is 11.4 Å². The van der Waals surface area contributed by atoms with Gasteiger partial charge in [0.05, 0.1) is 0 Å². The van der Waals surface area contributed by atoms with E-state index in [0.29, 0.717) is 23.4 Å². The number of halogens is 1. The Hall–Kier alpha value is -2.95. The van der Waals surface area contributed by atoms with E-state index in [1.54, 1.807) is 12.1 Å². The van der Waals surface area contributed by atoms with E-state index in [1.807, 2.05) is 36.4 Å². The molecule has 2 N–H and O–H groups in total. The number of nitrogens with one attached hydrogen (secondary N) is 2. The van der Waals surface area contributed by atoms with Gasteiger partial charge in [-0.25, -0.2) is 14.4 Å². The molecule has 0 atom stereocenters. The minimum Gasteiger partial charge on any atom is -0.367 e. The zero-order valence-corrected chi connectivity index (χ0v) is 13.0. The van der Waals surface area contributed by atoms with Gasteiger partial charge in [0.25, 0.3) is 0 Å². The second-order valence-corrected chi connectivity index (χ2v) is 5.88. The number of nitrogens with zero attached hydrogens (tertiary/aromatic N) is 2. The summed E-state index contributed by atoms with van der Waals surface area (Å²) in [5, 5.41) is 6.56. The first-order chi connectivity index (χ1) is 11.8. The molecule has 3 aromatic rings. The van der Waals surface area contributed by atoms with E-state index < -0.39 is 0 Å². The predicted molar refractivity (Wildman–Crippen MR) is 93.8 cm³/mol. The van der Waals surface area contributed by atoms with Gasteiger partial charge in [-0.05, 0) is 31.0 Å². The van der Waals surface area contributed by atoms with Gasteiger partial charge in [-0.3, -0.25) is 0 Å². The molecule has 5 heteroatoms. The smallest absolute Gasteiger partial charge is 0.163 e. The van der Waals surface area contributed by atoms with E-state index in [-0.39, 0.29) is 5.82 Å². The lowest BCUT2D eigenvalue weighted by Gasteiger charge is -2.11. The number of benzene rings is 2. The highest BCUT2D eigenvalue weighted by Gasteiger charge is 2.22. The summed E-state index contributed by atoms with van der Waals surface area (Å²) in [6.07, 6.45) is 2.33. The van der Waals surface area contributed by atoms with Crippen LogP contribution in [0.5, 0.6) is 0 Å². The van der Waals surface area contributed by atoms with Gasteiger partial charge < -0.3 is 10.6 Å². The maximum absolute atomic E-state index is 13.4. The average molecular weight is 320 g/mol. The molecule has 120 valence electrons. The van der Waals surface area contributed by atoms with Crippen LogP contribution < -0.4 is 10.6 Å². The van der Waals surface area contributed by atoms with Gasteiger partial charge in [-0.2, -0.15) is 0 Å². The third-order valence-electron chi connectivity index (χ3n) is 3.78. The van der Waals surface area contributed by atoms with E-state index in [4.69, 9.17) is 0 Å². The molecule has 1 saturated carbocycles. The van der Waals surface area contributed by atoms with Crippen molar-refractivity contribution in [2.24, 2.45) is 0 Å². The Morgan fingerprint density at radius 1 is 0.875 bits per heavy atom. The van der Waals surface area contributed by atoms with Gasteiger partial charge in [0.15, 0.2) is 5.82 Å². The molecule has 0 aliphatic heterocycles. The number of hydrogen-bond acceptors (Lipinski definition) is 4. The fourth-order valence-electron chi connectivity index (χ4n) is 2.45. The average Bonchev–Trinajstić information content (AvgIpc) is 3.39. The second kappa shape index (κ2) is 6.28. The molecule has 0 radical (unpaired) electrons. The van der Waals surface area contributed by atoms with Gasteiger partial charge in [0.2, 0.25) is 0 Å². The minimum atomic E-state index is -0.284. The minimum absolute atomic E-state index is 0.284. The molecule has 2 aromatic carbocycles. The first-order valence-corrected chi connectivity index (χ1v) is 8.00. The Bertz CT molecular complexity index is 847. The van der Waals surface area contributed by atoms with Crippen LogP contribution in [-0.2, 0) is 0 Å². The van der Waals surface area contributed by atoms with E-state index >= 15 is 0 Å². The van der Waals surface area contributed by atoms with Crippen molar-refractivity contribution in [1.29, 1.82) is 0 Å². The predicted octanol–water partition coefficient (Wildman–Crippen LogP) is 4.60. The summed E-state index contributed by atoms with van der Waals surface area (Å²) in [6.45, 7) is 0. The summed E-state index contributed by atoms with van der Waals surface area (Å²) in [5.41, 5.74) is 1.60. The summed E-state index contributed by atoms with van der Waals surface area (Å²) in [7, 11) is 0. The van der Waals surface area contributed by atoms with E-state index in [0.717, 1.165) is 24.2 Å². The summed E-state index contributed by atoms with van der Waals surface area (Å²) < 4.78 is 13.4. The lowest BCUT2D eigenvalue weighted by molar-refractivity contribution is 0.628. The Labute approximate surface area is 139 Å². The highest BCUT2D eigenvalue weighted by atomic mass is 19.1. The van der Waals surface area contributed by atoms with Crippen LogP contribution in [0.2, 0.25) is 0 Å². The van der Waals surface area contributed by atoms with Crippen LogP contribution in [0.1, 0.15) is 12.8 Å². The van der Waals surface area contributed by atoms with Crippen LogP contribution in [0, 0.1) is 5.82 Å². The Morgan fingerprint density at radius 3 is 2.42 bits per heavy atom. The van der Waals surface area contributed by atoms with E-state index in [2.05, 4.69) is 20.6 Å². The molecule has 0 saturated heterocycles. The molecule has 0 bridgehead atoms. The summed E-state index contributed by atoms with van der Waals surface area (Å²) in [4.78, 5) is 9.18. The van der Waals surface area contributed by atoms with Crippen molar-refractivity contribution < 1.29 is 4.39 Å². The highest BCUT2D eigenvalue weighted by molar-refractivity contribution is 5.65. The molecule has 1 aliphatic rings. The van der Waals surface area contributed by atoms with Crippen molar-refractivity contribution in [3.63, 3.8) is 0 Å². The molecule has 4 nitrogen and oxygen atoms in total. The summed E-state index contributed by atoms with van der Waals surface area (Å²) in [5.74, 6) is 1.77. The first kappa shape index (κ1) is 14.6. The van der Waals surface area contributed by atoms with E-state index in [1.165, 1.54) is 12.1 Å². The summed E-state index contributed by atoms with van der Waals surface area (Å²) in [6, 6.07) is 18.5. The van der Waals surface area contributed by atoms with Crippen LogP contribution in [-0.4, -0.2) is 16.0 Å². The Morgan fingerprint density at radius 2 is 1.67 bits per heavy atom. The third kappa shape index (κ3) is 3.51. The Kier molecular flexibility index (Phi) is 3.83. The normalized spacial score (nSPS) is 13.5. The molecule has 24 heavy (non-hydrogen) atoms. The second-order valence-electron chi connectivity index (χ2n) is 5.88. The maximum Gasteiger partial charge on any atom is 0.163 e. The highest BCUT2D eigenvalue weighted by Crippen LogP contribution is 2.27. The van der Waals surface area contributed by atoms with Crippen molar-refractivity contribution in [1.82, 2.24) is 9.97 Å². The van der Waals surface area contributed by atoms with E-state index in [9.17, 15) is 4.39 Å². The maximum atomic E-state index is 13.4. The van der Waals surface area contributed by atoms with Crippen molar-refractivity contribution in [2.75, 3.05) is 10.6 Å². The topological polar surface area (TPSA) is 49.8 Å². The largest absolute Gasteiger partial charge is 0.367 e. The quantitative estimate of drug-likeness (QED) is 0.721. The lowest BCUT2D eigenvalue weighted by atomic mass is 10.2. The third-order valence-corrected chi connectivity index (χ3v) is 3.78. The van der Waals surface area contributed by atoms with Gasteiger partial charge >= 0.3 is 0 Å². The van der Waals surface area contributed by atoms with Gasteiger partial charge in [0, 0.05) is 23.4 Å². The molecule has 4 rings (SSSR count). The number of hydrogen-bond donors (Lipinski definition) is 2. The lowest BCUT2D eigenvalue weighted by Crippen LogP contribution is -2.06.